The molecule has 3 aliphatic heterocycles. The molecule has 6 heteroatoms. The van der Waals surface area contributed by atoms with Crippen LogP contribution in [-0.4, -0.2) is 19.3 Å². The second-order valence-corrected chi connectivity index (χ2v) is 7.87. The summed E-state index contributed by atoms with van der Waals surface area (Å²) in [5, 5.41) is 0. The van der Waals surface area contributed by atoms with Crippen molar-refractivity contribution in [1.29, 1.82) is 0 Å². The zero-order valence-corrected chi connectivity index (χ0v) is 16.3. The van der Waals surface area contributed by atoms with E-state index in [2.05, 4.69) is 0 Å². The Kier molecular flexibility index (Phi) is 3.46. The second kappa shape index (κ2) is 5.98. The van der Waals surface area contributed by atoms with Gasteiger partial charge in [-0.3, -0.25) is 4.79 Å². The van der Waals surface area contributed by atoms with Crippen molar-refractivity contribution in [3.05, 3.63) is 82.7 Å². The minimum Gasteiger partial charge on any atom is -0.491 e. The Labute approximate surface area is 172 Å². The molecule has 0 saturated heterocycles. The molecule has 0 bridgehead atoms. The standard InChI is InChI=1S/C24H18FNO4/c1-14-6-7-16(25)8-15(14)11-26-19-5-3-2-4-17(19)24(23(26)27)12-28-20-10-22-21(9-18(20)24)29-13-30-22/h2-10H,11-13H2,1H3. The van der Waals surface area contributed by atoms with Crippen molar-refractivity contribution in [2.45, 2.75) is 18.9 Å². The third-order valence-corrected chi connectivity index (χ3v) is 6.28. The average molecular weight is 403 g/mol. The molecule has 1 atom stereocenters. The van der Waals surface area contributed by atoms with E-state index in [0.29, 0.717) is 23.8 Å². The van der Waals surface area contributed by atoms with Gasteiger partial charge in [0.05, 0.1) is 6.54 Å². The lowest BCUT2D eigenvalue weighted by atomic mass is 9.77. The van der Waals surface area contributed by atoms with E-state index in [0.717, 1.165) is 27.9 Å². The highest BCUT2D eigenvalue weighted by Gasteiger charge is 2.57. The van der Waals surface area contributed by atoms with E-state index < -0.39 is 5.41 Å². The topological polar surface area (TPSA) is 48.0 Å². The predicted molar refractivity (Wildman–Crippen MR) is 108 cm³/mol. The van der Waals surface area contributed by atoms with Gasteiger partial charge in [-0.2, -0.15) is 0 Å². The summed E-state index contributed by atoms with van der Waals surface area (Å²) < 4.78 is 30.9. The van der Waals surface area contributed by atoms with Crippen LogP contribution in [0.1, 0.15) is 22.3 Å². The van der Waals surface area contributed by atoms with Crippen LogP contribution in [-0.2, 0) is 16.8 Å². The van der Waals surface area contributed by atoms with Gasteiger partial charge in [-0.05, 0) is 47.9 Å². The van der Waals surface area contributed by atoms with Gasteiger partial charge in [0.1, 0.15) is 23.6 Å². The van der Waals surface area contributed by atoms with Crippen molar-refractivity contribution in [2.24, 2.45) is 0 Å². The molecule has 1 unspecified atom stereocenters. The quantitative estimate of drug-likeness (QED) is 0.647. The zero-order chi connectivity index (χ0) is 20.5. The van der Waals surface area contributed by atoms with E-state index in [1.807, 2.05) is 37.3 Å². The minimum atomic E-state index is -0.950. The number of carbonyl (C=O) groups is 1. The molecule has 30 heavy (non-hydrogen) atoms. The normalized spacial score (nSPS) is 20.5. The van der Waals surface area contributed by atoms with Gasteiger partial charge < -0.3 is 19.1 Å². The first-order chi connectivity index (χ1) is 14.6. The molecular weight excluding hydrogens is 385 g/mol. The summed E-state index contributed by atoms with van der Waals surface area (Å²) in [7, 11) is 0. The Balaban J connectivity index is 1.50. The lowest BCUT2D eigenvalue weighted by Gasteiger charge is -2.23. The van der Waals surface area contributed by atoms with E-state index in [1.54, 1.807) is 17.0 Å². The first-order valence-corrected chi connectivity index (χ1v) is 9.81. The largest absolute Gasteiger partial charge is 0.491 e. The fourth-order valence-corrected chi connectivity index (χ4v) is 4.70. The summed E-state index contributed by atoms with van der Waals surface area (Å²) in [5.74, 6) is 1.48. The first-order valence-electron chi connectivity index (χ1n) is 9.81. The minimum absolute atomic E-state index is 0.0787. The first kappa shape index (κ1) is 17.3. The van der Waals surface area contributed by atoms with Crippen LogP contribution < -0.4 is 19.1 Å². The number of amides is 1. The number of hydrogen-bond acceptors (Lipinski definition) is 4. The zero-order valence-electron chi connectivity index (χ0n) is 16.3. The Morgan fingerprint density at radius 1 is 0.967 bits per heavy atom. The number of para-hydroxylation sites is 1. The van der Waals surface area contributed by atoms with Crippen LogP contribution in [0.25, 0.3) is 0 Å². The molecule has 3 aromatic rings. The van der Waals surface area contributed by atoms with Gasteiger partial charge >= 0.3 is 0 Å². The van der Waals surface area contributed by atoms with Crippen LogP contribution in [0.5, 0.6) is 17.2 Å². The Morgan fingerprint density at radius 3 is 2.63 bits per heavy atom. The molecule has 0 radical (unpaired) electrons. The molecule has 6 rings (SSSR count). The molecule has 3 aliphatic rings. The van der Waals surface area contributed by atoms with Crippen molar-refractivity contribution >= 4 is 11.6 Å². The molecule has 5 nitrogen and oxygen atoms in total. The molecule has 0 aliphatic carbocycles. The van der Waals surface area contributed by atoms with Crippen molar-refractivity contribution < 1.29 is 23.4 Å². The van der Waals surface area contributed by atoms with Crippen LogP contribution in [0.2, 0.25) is 0 Å². The molecule has 1 amide bonds. The van der Waals surface area contributed by atoms with Gasteiger partial charge in [0.15, 0.2) is 11.5 Å². The highest BCUT2D eigenvalue weighted by atomic mass is 19.1. The summed E-state index contributed by atoms with van der Waals surface area (Å²) in [6.07, 6.45) is 0. The van der Waals surface area contributed by atoms with E-state index in [9.17, 15) is 9.18 Å². The molecule has 0 N–H and O–H groups in total. The molecule has 3 heterocycles. The predicted octanol–water partition coefficient (Wildman–Crippen LogP) is 4.09. The lowest BCUT2D eigenvalue weighted by molar-refractivity contribution is -0.122. The fraction of sp³-hybridized carbons (Fsp3) is 0.208. The molecular formula is C24H18FNO4. The molecule has 3 aromatic carbocycles. The molecule has 0 aromatic heterocycles. The molecule has 150 valence electrons. The second-order valence-electron chi connectivity index (χ2n) is 7.87. The summed E-state index contributed by atoms with van der Waals surface area (Å²) in [6.45, 7) is 2.58. The third-order valence-electron chi connectivity index (χ3n) is 6.28. The van der Waals surface area contributed by atoms with Gasteiger partial charge in [0.2, 0.25) is 12.7 Å². The number of nitrogens with zero attached hydrogens (tertiary/aromatic N) is 1. The van der Waals surface area contributed by atoms with Crippen LogP contribution in [0.4, 0.5) is 10.1 Å². The van der Waals surface area contributed by atoms with Crippen molar-refractivity contribution in [3.8, 4) is 17.2 Å². The number of anilines is 1. The van der Waals surface area contributed by atoms with Crippen molar-refractivity contribution in [3.63, 3.8) is 0 Å². The van der Waals surface area contributed by atoms with Gasteiger partial charge in [0, 0.05) is 17.3 Å². The molecule has 1 spiro atoms. The van der Waals surface area contributed by atoms with Gasteiger partial charge in [0.25, 0.3) is 0 Å². The van der Waals surface area contributed by atoms with Gasteiger partial charge in [-0.1, -0.05) is 24.3 Å². The highest BCUT2D eigenvalue weighted by Crippen LogP contribution is 2.55. The third kappa shape index (κ3) is 2.19. The number of aryl methyl sites for hydroxylation is 1. The van der Waals surface area contributed by atoms with Crippen LogP contribution in [0.15, 0.2) is 54.6 Å². The van der Waals surface area contributed by atoms with Crippen LogP contribution >= 0.6 is 0 Å². The maximum atomic E-state index is 13.9. The van der Waals surface area contributed by atoms with E-state index in [4.69, 9.17) is 14.2 Å². The SMILES string of the molecule is Cc1ccc(F)cc1CN1C(=O)C2(COc3cc4c(cc32)OCO4)c2ccccc21. The monoisotopic (exact) mass is 403 g/mol. The van der Waals surface area contributed by atoms with E-state index >= 15 is 0 Å². The number of benzene rings is 3. The summed E-state index contributed by atoms with van der Waals surface area (Å²) in [4.78, 5) is 15.7. The highest BCUT2D eigenvalue weighted by molar-refractivity contribution is 6.11. The number of rotatable bonds is 2. The Hall–Kier alpha value is -3.54. The number of fused-ring (bicyclic) bond motifs is 5. The van der Waals surface area contributed by atoms with Gasteiger partial charge in [-0.25, -0.2) is 4.39 Å². The number of carbonyl (C=O) groups excluding carboxylic acids is 1. The molecule has 0 fully saturated rings. The fourth-order valence-electron chi connectivity index (χ4n) is 4.70. The van der Waals surface area contributed by atoms with Crippen molar-refractivity contribution in [2.75, 3.05) is 18.3 Å². The number of hydrogen-bond donors (Lipinski definition) is 0. The average Bonchev–Trinajstić information content (AvgIpc) is 3.42. The van der Waals surface area contributed by atoms with Crippen LogP contribution in [0, 0.1) is 12.7 Å². The van der Waals surface area contributed by atoms with E-state index in [1.165, 1.54) is 12.1 Å². The number of ether oxygens (including phenoxy) is 3. The Morgan fingerprint density at radius 2 is 1.77 bits per heavy atom. The molecule has 0 saturated carbocycles. The number of halogens is 1. The Bertz CT molecular complexity index is 1220. The summed E-state index contributed by atoms with van der Waals surface area (Å²) in [6, 6.07) is 16.1. The summed E-state index contributed by atoms with van der Waals surface area (Å²) >= 11 is 0. The van der Waals surface area contributed by atoms with Crippen LogP contribution in [0.3, 0.4) is 0 Å². The maximum absolute atomic E-state index is 13.9. The van der Waals surface area contributed by atoms with Gasteiger partial charge in [-0.15, -0.1) is 0 Å². The van der Waals surface area contributed by atoms with E-state index in [-0.39, 0.29) is 25.1 Å². The lowest BCUT2D eigenvalue weighted by Crippen LogP contribution is -2.42. The summed E-state index contributed by atoms with van der Waals surface area (Å²) in [5.41, 5.74) is 3.26. The maximum Gasteiger partial charge on any atom is 0.246 e. The van der Waals surface area contributed by atoms with Crippen molar-refractivity contribution in [1.82, 2.24) is 0 Å². The smallest absolute Gasteiger partial charge is 0.246 e.